The molecule has 5 nitrogen and oxygen atoms in total. The summed E-state index contributed by atoms with van der Waals surface area (Å²) in [5.74, 6) is 8.80. The van der Waals surface area contributed by atoms with Gasteiger partial charge in [-0.2, -0.15) is 0 Å². The van der Waals surface area contributed by atoms with Gasteiger partial charge in [0.2, 0.25) is 0 Å². The molecule has 2 rings (SSSR count). The molecule has 2 unspecified atom stereocenters. The zero-order valence-corrected chi connectivity index (χ0v) is 12.9. The molecule has 1 saturated carbocycles. The third-order valence-electron chi connectivity index (χ3n) is 4.24. The van der Waals surface area contributed by atoms with Gasteiger partial charge in [0.05, 0.1) is 0 Å². The van der Waals surface area contributed by atoms with E-state index in [0.717, 1.165) is 35.9 Å². The van der Waals surface area contributed by atoms with Crippen LogP contribution in [0.3, 0.4) is 0 Å². The lowest BCUT2D eigenvalue weighted by Gasteiger charge is -2.30. The molecule has 1 fully saturated rings. The normalized spacial score (nSPS) is 22.6. The molecule has 1 aliphatic rings. The van der Waals surface area contributed by atoms with Crippen molar-refractivity contribution in [2.45, 2.75) is 65.3 Å². The van der Waals surface area contributed by atoms with Crippen molar-refractivity contribution in [1.29, 1.82) is 0 Å². The Labute approximate surface area is 121 Å². The standard InChI is InChI=1S/C15H27N5/c1-4-7-13-18-14(11(3)15(19-13)20-16)17-12-9-6-5-8-10(12)2/h10,12H,4-9,16H2,1-3H3,(H2,17,18,19,20). The highest BCUT2D eigenvalue weighted by molar-refractivity contribution is 5.57. The molecule has 1 heterocycles. The Morgan fingerprint density at radius 3 is 2.55 bits per heavy atom. The van der Waals surface area contributed by atoms with Gasteiger partial charge in [-0.25, -0.2) is 15.8 Å². The van der Waals surface area contributed by atoms with Crippen LogP contribution in [0.5, 0.6) is 0 Å². The number of aromatic nitrogens is 2. The summed E-state index contributed by atoms with van der Waals surface area (Å²) in [6.07, 6.45) is 7.08. The van der Waals surface area contributed by atoms with Gasteiger partial charge >= 0.3 is 0 Å². The van der Waals surface area contributed by atoms with Crippen molar-refractivity contribution >= 4 is 11.6 Å². The SMILES string of the molecule is CCCc1nc(NN)c(C)c(NC2CCCCC2C)n1. The summed E-state index contributed by atoms with van der Waals surface area (Å²) in [5, 5.41) is 3.63. The van der Waals surface area contributed by atoms with Crippen LogP contribution in [0.4, 0.5) is 11.6 Å². The van der Waals surface area contributed by atoms with Gasteiger partial charge in [0.1, 0.15) is 17.5 Å². The van der Waals surface area contributed by atoms with E-state index in [1.807, 2.05) is 6.92 Å². The monoisotopic (exact) mass is 277 g/mol. The molecule has 0 bridgehead atoms. The van der Waals surface area contributed by atoms with E-state index in [9.17, 15) is 0 Å². The maximum absolute atomic E-state index is 5.58. The number of aryl methyl sites for hydroxylation is 1. The lowest BCUT2D eigenvalue weighted by atomic mass is 9.86. The topological polar surface area (TPSA) is 75.9 Å². The van der Waals surface area contributed by atoms with Crippen molar-refractivity contribution in [3.05, 3.63) is 11.4 Å². The minimum Gasteiger partial charge on any atom is -0.367 e. The summed E-state index contributed by atoms with van der Waals surface area (Å²) in [5.41, 5.74) is 3.70. The Bertz CT molecular complexity index is 446. The summed E-state index contributed by atoms with van der Waals surface area (Å²) in [6, 6.07) is 0.512. The number of hydrogen-bond acceptors (Lipinski definition) is 5. The van der Waals surface area contributed by atoms with Crippen LogP contribution >= 0.6 is 0 Å². The van der Waals surface area contributed by atoms with Crippen molar-refractivity contribution in [1.82, 2.24) is 9.97 Å². The van der Waals surface area contributed by atoms with E-state index in [1.54, 1.807) is 0 Å². The first-order valence-electron chi connectivity index (χ1n) is 7.76. The molecule has 1 aromatic rings. The van der Waals surface area contributed by atoms with Gasteiger partial charge in [-0.15, -0.1) is 0 Å². The van der Waals surface area contributed by atoms with Crippen molar-refractivity contribution < 1.29 is 0 Å². The number of hydrazine groups is 1. The van der Waals surface area contributed by atoms with Gasteiger partial charge < -0.3 is 10.7 Å². The first kappa shape index (κ1) is 15.0. The van der Waals surface area contributed by atoms with Crippen LogP contribution in [0.25, 0.3) is 0 Å². The van der Waals surface area contributed by atoms with Crippen LogP contribution in [0.15, 0.2) is 0 Å². The molecular formula is C15H27N5. The molecular weight excluding hydrogens is 250 g/mol. The third kappa shape index (κ3) is 3.39. The van der Waals surface area contributed by atoms with E-state index in [1.165, 1.54) is 25.7 Å². The number of anilines is 2. The molecule has 0 aliphatic heterocycles. The van der Waals surface area contributed by atoms with Gasteiger partial charge in [-0.05, 0) is 32.1 Å². The molecule has 0 amide bonds. The molecule has 0 radical (unpaired) electrons. The molecule has 0 spiro atoms. The predicted octanol–water partition coefficient (Wildman–Crippen LogP) is 3.01. The van der Waals surface area contributed by atoms with Gasteiger partial charge in [0.15, 0.2) is 0 Å². The molecule has 112 valence electrons. The number of nitrogens with zero attached hydrogens (tertiary/aromatic N) is 2. The largest absolute Gasteiger partial charge is 0.367 e. The average Bonchev–Trinajstić information content (AvgIpc) is 2.45. The Balaban J connectivity index is 2.22. The maximum atomic E-state index is 5.58. The minimum absolute atomic E-state index is 0.512. The third-order valence-corrected chi connectivity index (χ3v) is 4.24. The Morgan fingerprint density at radius 1 is 1.20 bits per heavy atom. The molecule has 0 aromatic carbocycles. The van der Waals surface area contributed by atoms with Gasteiger partial charge in [-0.1, -0.05) is 26.7 Å². The second kappa shape index (κ2) is 6.88. The van der Waals surface area contributed by atoms with Crippen molar-refractivity contribution in [2.24, 2.45) is 11.8 Å². The zero-order valence-electron chi connectivity index (χ0n) is 12.9. The van der Waals surface area contributed by atoms with Gasteiger partial charge in [0.25, 0.3) is 0 Å². The van der Waals surface area contributed by atoms with E-state index in [0.29, 0.717) is 12.0 Å². The van der Waals surface area contributed by atoms with E-state index in [4.69, 9.17) is 5.84 Å². The highest BCUT2D eigenvalue weighted by Crippen LogP contribution is 2.28. The van der Waals surface area contributed by atoms with Crippen LogP contribution in [0.2, 0.25) is 0 Å². The quantitative estimate of drug-likeness (QED) is 0.570. The van der Waals surface area contributed by atoms with Crippen LogP contribution in [-0.4, -0.2) is 16.0 Å². The summed E-state index contributed by atoms with van der Waals surface area (Å²) in [4.78, 5) is 9.15. The number of nitrogens with two attached hydrogens (primary N) is 1. The first-order valence-corrected chi connectivity index (χ1v) is 7.76. The van der Waals surface area contributed by atoms with E-state index in [2.05, 4.69) is 34.6 Å². The fraction of sp³-hybridized carbons (Fsp3) is 0.733. The van der Waals surface area contributed by atoms with E-state index >= 15 is 0 Å². The summed E-state index contributed by atoms with van der Waals surface area (Å²) in [7, 11) is 0. The minimum atomic E-state index is 0.512. The van der Waals surface area contributed by atoms with Crippen LogP contribution in [0, 0.1) is 12.8 Å². The van der Waals surface area contributed by atoms with Gasteiger partial charge in [0, 0.05) is 18.0 Å². The van der Waals surface area contributed by atoms with E-state index < -0.39 is 0 Å². The predicted molar refractivity (Wildman–Crippen MR) is 83.6 cm³/mol. The van der Waals surface area contributed by atoms with Crippen LogP contribution in [-0.2, 0) is 6.42 Å². The average molecular weight is 277 g/mol. The fourth-order valence-corrected chi connectivity index (χ4v) is 2.89. The smallest absolute Gasteiger partial charge is 0.148 e. The lowest BCUT2D eigenvalue weighted by Crippen LogP contribution is -2.31. The van der Waals surface area contributed by atoms with Crippen molar-refractivity contribution in [3.63, 3.8) is 0 Å². The van der Waals surface area contributed by atoms with Crippen LogP contribution in [0.1, 0.15) is 57.3 Å². The zero-order chi connectivity index (χ0) is 14.5. The molecule has 1 aromatic heterocycles. The molecule has 20 heavy (non-hydrogen) atoms. The second-order valence-corrected chi connectivity index (χ2v) is 5.87. The van der Waals surface area contributed by atoms with Gasteiger partial charge in [-0.3, -0.25) is 0 Å². The highest BCUT2D eigenvalue weighted by Gasteiger charge is 2.22. The lowest BCUT2D eigenvalue weighted by molar-refractivity contribution is 0.349. The molecule has 5 heteroatoms. The van der Waals surface area contributed by atoms with Crippen LogP contribution < -0.4 is 16.6 Å². The number of nitrogens with one attached hydrogen (secondary N) is 2. The second-order valence-electron chi connectivity index (χ2n) is 5.87. The fourth-order valence-electron chi connectivity index (χ4n) is 2.89. The molecule has 1 aliphatic carbocycles. The molecule has 2 atom stereocenters. The molecule has 4 N–H and O–H groups in total. The first-order chi connectivity index (χ1) is 9.65. The summed E-state index contributed by atoms with van der Waals surface area (Å²) < 4.78 is 0. The number of hydrogen-bond donors (Lipinski definition) is 3. The maximum Gasteiger partial charge on any atom is 0.148 e. The Morgan fingerprint density at radius 2 is 1.90 bits per heavy atom. The van der Waals surface area contributed by atoms with Crippen molar-refractivity contribution in [3.8, 4) is 0 Å². The van der Waals surface area contributed by atoms with E-state index in [-0.39, 0.29) is 0 Å². The Hall–Kier alpha value is -1.36. The summed E-state index contributed by atoms with van der Waals surface area (Å²) in [6.45, 7) is 6.47. The Kier molecular flexibility index (Phi) is 5.17. The van der Waals surface area contributed by atoms with Crippen molar-refractivity contribution in [2.75, 3.05) is 10.7 Å². The molecule has 0 saturated heterocycles. The number of rotatable bonds is 5. The highest BCUT2D eigenvalue weighted by atomic mass is 15.3. The number of nitrogen functional groups attached to an aromatic ring is 1. The summed E-state index contributed by atoms with van der Waals surface area (Å²) >= 11 is 0.